The summed E-state index contributed by atoms with van der Waals surface area (Å²) in [7, 11) is 0. The normalized spacial score (nSPS) is 10.2. The van der Waals surface area contributed by atoms with Crippen molar-refractivity contribution in [3.8, 4) is 0 Å². The van der Waals surface area contributed by atoms with E-state index in [2.05, 4.69) is 29.5 Å². The summed E-state index contributed by atoms with van der Waals surface area (Å²) in [6, 6.07) is 5.58. The van der Waals surface area contributed by atoms with Crippen LogP contribution < -0.4 is 10.6 Å². The Morgan fingerprint density at radius 3 is 2.62 bits per heavy atom. The standard InChI is InChI=1S/C12H19N3O/c1-4-10(5-2)14-12(16)15-11-8-6-7-9(3)13-11/h6-8,10H,4-5H2,1-3H3,(H2,13,14,15,16). The highest BCUT2D eigenvalue weighted by Gasteiger charge is 2.08. The average Bonchev–Trinajstić information content (AvgIpc) is 2.26. The molecule has 88 valence electrons. The molecule has 0 unspecified atom stereocenters. The topological polar surface area (TPSA) is 54.0 Å². The summed E-state index contributed by atoms with van der Waals surface area (Å²) < 4.78 is 0. The molecule has 0 saturated carbocycles. The smallest absolute Gasteiger partial charge is 0.320 e. The minimum atomic E-state index is -0.188. The predicted octanol–water partition coefficient (Wildman–Crippen LogP) is 2.70. The molecule has 1 aromatic rings. The first kappa shape index (κ1) is 12.5. The molecule has 4 nitrogen and oxygen atoms in total. The first-order valence-corrected chi connectivity index (χ1v) is 5.66. The molecule has 0 bridgehead atoms. The van der Waals surface area contributed by atoms with Gasteiger partial charge >= 0.3 is 6.03 Å². The lowest BCUT2D eigenvalue weighted by Gasteiger charge is -2.15. The Kier molecular flexibility index (Phi) is 4.76. The van der Waals surface area contributed by atoms with E-state index in [1.54, 1.807) is 6.07 Å². The number of amides is 2. The molecule has 16 heavy (non-hydrogen) atoms. The lowest BCUT2D eigenvalue weighted by molar-refractivity contribution is 0.247. The molecule has 1 aromatic heterocycles. The zero-order valence-electron chi connectivity index (χ0n) is 10.1. The number of hydrogen-bond donors (Lipinski definition) is 2. The fourth-order valence-corrected chi connectivity index (χ4v) is 1.44. The molecule has 0 aliphatic rings. The van der Waals surface area contributed by atoms with Crippen molar-refractivity contribution in [2.24, 2.45) is 0 Å². The van der Waals surface area contributed by atoms with Gasteiger partial charge in [-0.15, -0.1) is 0 Å². The SMILES string of the molecule is CCC(CC)NC(=O)Nc1cccc(C)n1. The zero-order valence-corrected chi connectivity index (χ0v) is 10.1. The molecule has 0 saturated heterocycles. The second-order valence-corrected chi connectivity index (χ2v) is 3.78. The number of rotatable bonds is 4. The molecule has 0 aliphatic heterocycles. The summed E-state index contributed by atoms with van der Waals surface area (Å²) in [4.78, 5) is 15.8. The molecule has 1 heterocycles. The number of carbonyl (C=O) groups excluding carboxylic acids is 1. The highest BCUT2D eigenvalue weighted by molar-refractivity contribution is 5.88. The maximum absolute atomic E-state index is 11.6. The molecule has 2 amide bonds. The van der Waals surface area contributed by atoms with Crippen LogP contribution in [0.25, 0.3) is 0 Å². The number of aromatic nitrogens is 1. The van der Waals surface area contributed by atoms with Gasteiger partial charge in [-0.3, -0.25) is 5.32 Å². The van der Waals surface area contributed by atoms with Crippen molar-refractivity contribution < 1.29 is 4.79 Å². The maximum atomic E-state index is 11.6. The Morgan fingerprint density at radius 1 is 1.38 bits per heavy atom. The number of urea groups is 1. The van der Waals surface area contributed by atoms with Crippen LogP contribution in [0.3, 0.4) is 0 Å². The average molecular weight is 221 g/mol. The number of anilines is 1. The van der Waals surface area contributed by atoms with Crippen LogP contribution >= 0.6 is 0 Å². The van der Waals surface area contributed by atoms with E-state index in [-0.39, 0.29) is 12.1 Å². The van der Waals surface area contributed by atoms with Gasteiger partial charge in [-0.1, -0.05) is 19.9 Å². The van der Waals surface area contributed by atoms with E-state index in [0.717, 1.165) is 18.5 Å². The van der Waals surface area contributed by atoms with Gasteiger partial charge in [0.05, 0.1) is 0 Å². The molecule has 0 fully saturated rings. The number of nitrogens with one attached hydrogen (secondary N) is 2. The minimum Gasteiger partial charge on any atom is -0.335 e. The van der Waals surface area contributed by atoms with E-state index in [0.29, 0.717) is 5.82 Å². The predicted molar refractivity (Wildman–Crippen MR) is 65.5 cm³/mol. The Morgan fingerprint density at radius 2 is 2.06 bits per heavy atom. The van der Waals surface area contributed by atoms with Crippen LogP contribution in [0.4, 0.5) is 10.6 Å². The van der Waals surface area contributed by atoms with Gasteiger partial charge in [0, 0.05) is 11.7 Å². The van der Waals surface area contributed by atoms with Gasteiger partial charge in [0.15, 0.2) is 0 Å². The van der Waals surface area contributed by atoms with Gasteiger partial charge in [0.1, 0.15) is 5.82 Å². The van der Waals surface area contributed by atoms with Gasteiger partial charge < -0.3 is 5.32 Å². The second kappa shape index (κ2) is 6.10. The van der Waals surface area contributed by atoms with Gasteiger partial charge in [0.2, 0.25) is 0 Å². The van der Waals surface area contributed by atoms with Crippen molar-refractivity contribution in [2.45, 2.75) is 39.7 Å². The zero-order chi connectivity index (χ0) is 12.0. The number of carbonyl (C=O) groups is 1. The molecule has 1 rings (SSSR count). The van der Waals surface area contributed by atoms with E-state index >= 15 is 0 Å². The summed E-state index contributed by atoms with van der Waals surface area (Å²) in [5, 5.41) is 5.61. The van der Waals surface area contributed by atoms with Crippen molar-refractivity contribution in [1.82, 2.24) is 10.3 Å². The maximum Gasteiger partial charge on any atom is 0.320 e. The fourth-order valence-electron chi connectivity index (χ4n) is 1.44. The summed E-state index contributed by atoms with van der Waals surface area (Å²) in [6.07, 6.45) is 1.87. The van der Waals surface area contributed by atoms with Crippen molar-refractivity contribution in [3.63, 3.8) is 0 Å². The molecule has 4 heteroatoms. The molecular weight excluding hydrogens is 202 g/mol. The number of pyridine rings is 1. The third kappa shape index (κ3) is 3.88. The molecule has 0 spiro atoms. The highest BCUT2D eigenvalue weighted by atomic mass is 16.2. The summed E-state index contributed by atoms with van der Waals surface area (Å²) in [5.74, 6) is 0.587. The number of hydrogen-bond acceptors (Lipinski definition) is 2. The number of aryl methyl sites for hydroxylation is 1. The molecule has 0 aliphatic carbocycles. The molecular formula is C12H19N3O. The van der Waals surface area contributed by atoms with Crippen molar-refractivity contribution in [3.05, 3.63) is 23.9 Å². The second-order valence-electron chi connectivity index (χ2n) is 3.78. The van der Waals surface area contributed by atoms with E-state index in [1.807, 2.05) is 19.1 Å². The van der Waals surface area contributed by atoms with E-state index in [4.69, 9.17) is 0 Å². The van der Waals surface area contributed by atoms with E-state index < -0.39 is 0 Å². The van der Waals surface area contributed by atoms with Gasteiger partial charge in [-0.2, -0.15) is 0 Å². The lowest BCUT2D eigenvalue weighted by atomic mass is 10.2. The Bertz CT molecular complexity index is 348. The van der Waals surface area contributed by atoms with Crippen molar-refractivity contribution in [1.29, 1.82) is 0 Å². The van der Waals surface area contributed by atoms with E-state index in [1.165, 1.54) is 0 Å². The fraction of sp³-hybridized carbons (Fsp3) is 0.500. The first-order chi connectivity index (χ1) is 7.65. The van der Waals surface area contributed by atoms with E-state index in [9.17, 15) is 4.79 Å². The Hall–Kier alpha value is -1.58. The van der Waals surface area contributed by atoms with Crippen molar-refractivity contribution in [2.75, 3.05) is 5.32 Å². The summed E-state index contributed by atoms with van der Waals surface area (Å²) in [6.45, 7) is 6.00. The number of nitrogens with zero attached hydrogens (tertiary/aromatic N) is 1. The third-order valence-corrected chi connectivity index (χ3v) is 2.45. The third-order valence-electron chi connectivity index (χ3n) is 2.45. The molecule has 0 aromatic carbocycles. The van der Waals surface area contributed by atoms with Crippen LogP contribution in [0.2, 0.25) is 0 Å². The summed E-state index contributed by atoms with van der Waals surface area (Å²) >= 11 is 0. The molecule has 0 atom stereocenters. The molecule has 2 N–H and O–H groups in total. The minimum absolute atomic E-state index is 0.188. The van der Waals surface area contributed by atoms with Crippen LogP contribution in [-0.2, 0) is 0 Å². The highest BCUT2D eigenvalue weighted by Crippen LogP contribution is 2.04. The van der Waals surface area contributed by atoms with Crippen LogP contribution in [-0.4, -0.2) is 17.1 Å². The van der Waals surface area contributed by atoms with Gasteiger partial charge in [-0.05, 0) is 31.9 Å². The first-order valence-electron chi connectivity index (χ1n) is 5.66. The summed E-state index contributed by atoms with van der Waals surface area (Å²) in [5.41, 5.74) is 0.889. The Labute approximate surface area is 96.5 Å². The van der Waals surface area contributed by atoms with Crippen LogP contribution in [0.15, 0.2) is 18.2 Å². The lowest BCUT2D eigenvalue weighted by Crippen LogP contribution is -2.37. The Balaban J connectivity index is 2.51. The van der Waals surface area contributed by atoms with Gasteiger partial charge in [0.25, 0.3) is 0 Å². The quantitative estimate of drug-likeness (QED) is 0.821. The molecule has 0 radical (unpaired) electrons. The van der Waals surface area contributed by atoms with Crippen molar-refractivity contribution >= 4 is 11.8 Å². The van der Waals surface area contributed by atoms with Crippen LogP contribution in [0.1, 0.15) is 32.4 Å². The largest absolute Gasteiger partial charge is 0.335 e. The monoisotopic (exact) mass is 221 g/mol. The van der Waals surface area contributed by atoms with Crippen LogP contribution in [0, 0.1) is 6.92 Å². The van der Waals surface area contributed by atoms with Gasteiger partial charge in [-0.25, -0.2) is 9.78 Å². The van der Waals surface area contributed by atoms with Crippen LogP contribution in [0.5, 0.6) is 0 Å².